The van der Waals surface area contributed by atoms with Crippen LogP contribution in [0.5, 0.6) is 0 Å². The van der Waals surface area contributed by atoms with E-state index in [1.807, 2.05) is 0 Å². The van der Waals surface area contributed by atoms with Crippen LogP contribution in [0.3, 0.4) is 0 Å². The van der Waals surface area contributed by atoms with E-state index >= 15 is 0 Å². The SMILES string of the molecule is NC(=O)C[C@H](C(=O)O)N1CSC(=S)N(C(=O)c2ccco2)C1. The minimum absolute atomic E-state index is 0.0460. The Bertz CT molecular complexity index is 604. The number of amides is 2. The number of carboxylic acids is 1. The number of hydrogen-bond acceptors (Lipinski definition) is 7. The highest BCUT2D eigenvalue weighted by Gasteiger charge is 2.35. The molecule has 118 valence electrons. The van der Waals surface area contributed by atoms with E-state index in [2.05, 4.69) is 0 Å². The molecule has 10 heteroatoms. The van der Waals surface area contributed by atoms with E-state index in [-0.39, 0.29) is 24.7 Å². The van der Waals surface area contributed by atoms with Crippen molar-refractivity contribution in [3.05, 3.63) is 24.2 Å². The summed E-state index contributed by atoms with van der Waals surface area (Å²) < 4.78 is 5.36. The van der Waals surface area contributed by atoms with E-state index in [0.29, 0.717) is 4.32 Å². The molecule has 1 aliphatic heterocycles. The Morgan fingerprint density at radius 1 is 1.50 bits per heavy atom. The van der Waals surface area contributed by atoms with Crippen LogP contribution < -0.4 is 5.73 Å². The van der Waals surface area contributed by atoms with Crippen LogP contribution in [0.2, 0.25) is 0 Å². The Morgan fingerprint density at radius 3 is 2.77 bits per heavy atom. The van der Waals surface area contributed by atoms with E-state index in [0.717, 1.165) is 11.8 Å². The van der Waals surface area contributed by atoms with E-state index in [4.69, 9.17) is 22.4 Å². The molecule has 3 N–H and O–H groups in total. The average Bonchev–Trinajstić information content (AvgIpc) is 2.98. The molecule has 0 aromatic carbocycles. The summed E-state index contributed by atoms with van der Waals surface area (Å²) in [5.74, 6) is -2.01. The Morgan fingerprint density at radius 2 is 2.23 bits per heavy atom. The fraction of sp³-hybridized carbons (Fsp3) is 0.333. The zero-order valence-corrected chi connectivity index (χ0v) is 12.9. The molecule has 0 radical (unpaired) electrons. The summed E-state index contributed by atoms with van der Waals surface area (Å²) in [7, 11) is 0. The third-order valence-electron chi connectivity index (χ3n) is 2.99. The highest BCUT2D eigenvalue weighted by atomic mass is 32.2. The van der Waals surface area contributed by atoms with Gasteiger partial charge in [-0.15, -0.1) is 0 Å². The van der Waals surface area contributed by atoms with Crippen molar-refractivity contribution < 1.29 is 23.9 Å². The van der Waals surface area contributed by atoms with Crippen LogP contribution in [0.15, 0.2) is 22.8 Å². The lowest BCUT2D eigenvalue weighted by Crippen LogP contribution is -2.54. The highest BCUT2D eigenvalue weighted by molar-refractivity contribution is 8.23. The molecule has 0 aliphatic carbocycles. The van der Waals surface area contributed by atoms with Crippen molar-refractivity contribution in [2.24, 2.45) is 5.73 Å². The molecule has 2 amide bonds. The maximum Gasteiger partial charge on any atom is 0.321 e. The highest BCUT2D eigenvalue weighted by Crippen LogP contribution is 2.23. The quantitative estimate of drug-likeness (QED) is 0.733. The third kappa shape index (κ3) is 3.64. The van der Waals surface area contributed by atoms with Crippen LogP contribution >= 0.6 is 24.0 Å². The number of carbonyl (C=O) groups is 3. The predicted molar refractivity (Wildman–Crippen MR) is 81.9 cm³/mol. The van der Waals surface area contributed by atoms with E-state index in [1.165, 1.54) is 22.1 Å². The number of hydrogen-bond donors (Lipinski definition) is 2. The molecular weight excluding hydrogens is 330 g/mol. The van der Waals surface area contributed by atoms with Crippen molar-refractivity contribution >= 4 is 46.1 Å². The topological polar surface area (TPSA) is 117 Å². The Balaban J connectivity index is 2.16. The maximum atomic E-state index is 12.3. The van der Waals surface area contributed by atoms with Gasteiger partial charge < -0.3 is 15.3 Å². The summed E-state index contributed by atoms with van der Waals surface area (Å²) in [6.07, 6.45) is 1.02. The number of thiocarbonyl (C=S) groups is 1. The molecule has 1 saturated heterocycles. The molecule has 0 spiro atoms. The summed E-state index contributed by atoms with van der Waals surface area (Å²) in [6, 6.07) is 1.95. The number of primary amides is 1. The summed E-state index contributed by atoms with van der Waals surface area (Å²) in [4.78, 5) is 37.3. The first-order valence-corrected chi connectivity index (χ1v) is 7.57. The second kappa shape index (κ2) is 6.90. The number of rotatable bonds is 5. The molecule has 1 atom stereocenters. The molecule has 1 aromatic rings. The lowest BCUT2D eigenvalue weighted by molar-refractivity contribution is -0.145. The lowest BCUT2D eigenvalue weighted by Gasteiger charge is -2.37. The van der Waals surface area contributed by atoms with Crippen molar-refractivity contribution in [2.45, 2.75) is 12.5 Å². The zero-order chi connectivity index (χ0) is 16.3. The number of carbonyl (C=O) groups excluding carboxylic acids is 2. The van der Waals surface area contributed by atoms with Crippen molar-refractivity contribution in [1.29, 1.82) is 0 Å². The molecule has 1 aromatic heterocycles. The lowest BCUT2D eigenvalue weighted by atomic mass is 10.2. The van der Waals surface area contributed by atoms with Crippen LogP contribution in [-0.4, -0.2) is 55.6 Å². The van der Waals surface area contributed by atoms with Gasteiger partial charge in [-0.1, -0.05) is 24.0 Å². The summed E-state index contributed by atoms with van der Waals surface area (Å²) >= 11 is 6.27. The molecule has 0 unspecified atom stereocenters. The summed E-state index contributed by atoms with van der Waals surface area (Å²) in [6.45, 7) is -0.0460. The van der Waals surface area contributed by atoms with Gasteiger partial charge in [0.15, 0.2) is 5.76 Å². The summed E-state index contributed by atoms with van der Waals surface area (Å²) in [5.41, 5.74) is 5.08. The Kier molecular flexibility index (Phi) is 5.16. The minimum Gasteiger partial charge on any atom is -0.480 e. The molecular formula is C12H13N3O5S2. The number of furan rings is 1. The van der Waals surface area contributed by atoms with Gasteiger partial charge >= 0.3 is 5.97 Å². The molecule has 2 rings (SSSR count). The molecule has 2 heterocycles. The summed E-state index contributed by atoms with van der Waals surface area (Å²) in [5, 5.41) is 9.24. The van der Waals surface area contributed by atoms with Gasteiger partial charge in [0.1, 0.15) is 10.4 Å². The molecule has 1 aliphatic rings. The van der Waals surface area contributed by atoms with Crippen LogP contribution in [0.1, 0.15) is 17.0 Å². The van der Waals surface area contributed by atoms with Gasteiger partial charge in [0.05, 0.1) is 25.2 Å². The first kappa shape index (κ1) is 16.5. The number of thioether (sulfide) groups is 1. The monoisotopic (exact) mass is 343 g/mol. The van der Waals surface area contributed by atoms with E-state index in [1.54, 1.807) is 6.07 Å². The first-order chi connectivity index (χ1) is 10.4. The van der Waals surface area contributed by atoms with Crippen LogP contribution in [0, 0.1) is 0 Å². The van der Waals surface area contributed by atoms with Crippen molar-refractivity contribution in [3.63, 3.8) is 0 Å². The molecule has 8 nitrogen and oxygen atoms in total. The van der Waals surface area contributed by atoms with Gasteiger partial charge in [0.2, 0.25) is 5.91 Å². The Hall–Kier alpha value is -1.91. The van der Waals surface area contributed by atoms with Crippen LogP contribution in [0.4, 0.5) is 0 Å². The van der Waals surface area contributed by atoms with Gasteiger partial charge in [0, 0.05) is 0 Å². The smallest absolute Gasteiger partial charge is 0.321 e. The number of nitrogens with zero attached hydrogens (tertiary/aromatic N) is 2. The molecule has 22 heavy (non-hydrogen) atoms. The third-order valence-corrected chi connectivity index (χ3v) is 4.50. The number of nitrogens with two attached hydrogens (primary N) is 1. The standard InChI is InChI=1S/C12H13N3O5S2/c13-9(16)4-7(11(18)19)14-5-15(12(21)22-6-14)10(17)8-2-1-3-20-8/h1-3,7H,4-6H2,(H2,13,16)(H,18,19)/t7-/m1/s1. The first-order valence-electron chi connectivity index (χ1n) is 6.17. The molecule has 1 fully saturated rings. The number of carboxylic acid groups (broad SMARTS) is 1. The fourth-order valence-electron chi connectivity index (χ4n) is 1.93. The average molecular weight is 343 g/mol. The van der Waals surface area contributed by atoms with E-state index < -0.39 is 23.8 Å². The van der Waals surface area contributed by atoms with Gasteiger partial charge in [-0.3, -0.25) is 24.2 Å². The minimum atomic E-state index is -1.18. The number of aliphatic carboxylic acids is 1. The second-order valence-electron chi connectivity index (χ2n) is 4.50. The predicted octanol–water partition coefficient (Wildman–Crippen LogP) is 0.299. The molecule has 0 saturated carbocycles. The van der Waals surface area contributed by atoms with Crippen molar-refractivity contribution in [1.82, 2.24) is 9.80 Å². The zero-order valence-electron chi connectivity index (χ0n) is 11.3. The van der Waals surface area contributed by atoms with E-state index in [9.17, 15) is 19.5 Å². The van der Waals surface area contributed by atoms with Crippen molar-refractivity contribution in [2.75, 3.05) is 12.5 Å². The van der Waals surface area contributed by atoms with Gasteiger partial charge in [-0.25, -0.2) is 0 Å². The van der Waals surface area contributed by atoms with Crippen molar-refractivity contribution in [3.8, 4) is 0 Å². The van der Waals surface area contributed by atoms with Crippen LogP contribution in [-0.2, 0) is 9.59 Å². The van der Waals surface area contributed by atoms with Gasteiger partial charge in [0.25, 0.3) is 5.91 Å². The van der Waals surface area contributed by atoms with Crippen LogP contribution in [0.25, 0.3) is 0 Å². The largest absolute Gasteiger partial charge is 0.480 e. The maximum absolute atomic E-state index is 12.3. The normalized spacial score (nSPS) is 17.3. The van der Waals surface area contributed by atoms with Gasteiger partial charge in [-0.05, 0) is 12.1 Å². The second-order valence-corrected chi connectivity index (χ2v) is 6.08. The molecule has 0 bridgehead atoms. The Labute approximate surface area is 135 Å². The van der Waals surface area contributed by atoms with Gasteiger partial charge in [-0.2, -0.15) is 0 Å². The fourth-order valence-corrected chi connectivity index (χ4v) is 3.06.